The van der Waals surface area contributed by atoms with Gasteiger partial charge >= 0.3 is 0 Å². The number of rotatable bonds is 6. The highest BCUT2D eigenvalue weighted by Crippen LogP contribution is 2.29. The van der Waals surface area contributed by atoms with E-state index in [1.165, 1.54) is 6.07 Å². The predicted octanol–water partition coefficient (Wildman–Crippen LogP) is 2.64. The summed E-state index contributed by atoms with van der Waals surface area (Å²) in [5.74, 6) is -0.252. The van der Waals surface area contributed by atoms with Crippen molar-refractivity contribution in [2.45, 2.75) is 32.9 Å². The summed E-state index contributed by atoms with van der Waals surface area (Å²) < 4.78 is 24.0. The smallest absolute Gasteiger partial charge is 0.167 e. The second-order valence-corrected chi connectivity index (χ2v) is 4.54. The van der Waals surface area contributed by atoms with Gasteiger partial charge in [-0.25, -0.2) is 4.39 Å². The highest BCUT2D eigenvalue weighted by Gasteiger charge is 2.12. The van der Waals surface area contributed by atoms with Gasteiger partial charge in [-0.15, -0.1) is 0 Å². The number of halogens is 1. The molecule has 0 aliphatic rings. The zero-order chi connectivity index (χ0) is 13.7. The maximum absolute atomic E-state index is 13.6. The molecule has 0 aliphatic carbocycles. The number of benzene rings is 1. The van der Waals surface area contributed by atoms with Crippen LogP contribution in [-0.2, 0) is 4.74 Å². The minimum Gasteiger partial charge on any atom is -0.488 e. The fraction of sp³-hybridized carbons (Fsp3) is 0.538. The first-order valence-corrected chi connectivity index (χ1v) is 5.95. The van der Waals surface area contributed by atoms with Crippen LogP contribution in [0.3, 0.4) is 0 Å². The standard InChI is InChI=1S/C13H21FN2O2/c1-8(2)18-13-6-12(11(15)5-10(13)14)16-9(3)7-17-4/h5-6,8-9,16H,7,15H2,1-4H3. The predicted molar refractivity (Wildman–Crippen MR) is 71.5 cm³/mol. The van der Waals surface area contributed by atoms with Gasteiger partial charge in [-0.05, 0) is 20.8 Å². The number of hydrogen-bond donors (Lipinski definition) is 2. The Hall–Kier alpha value is -1.49. The average Bonchev–Trinajstić information content (AvgIpc) is 2.24. The minimum atomic E-state index is -0.453. The quantitative estimate of drug-likeness (QED) is 0.768. The van der Waals surface area contributed by atoms with Crippen LogP contribution in [0.2, 0.25) is 0 Å². The molecule has 5 heteroatoms. The molecular formula is C13H21FN2O2. The second-order valence-electron chi connectivity index (χ2n) is 4.54. The van der Waals surface area contributed by atoms with Crippen molar-refractivity contribution in [3.63, 3.8) is 0 Å². The molecule has 18 heavy (non-hydrogen) atoms. The molecule has 4 nitrogen and oxygen atoms in total. The number of nitrogens with one attached hydrogen (secondary N) is 1. The van der Waals surface area contributed by atoms with E-state index < -0.39 is 5.82 Å². The fourth-order valence-corrected chi connectivity index (χ4v) is 1.60. The lowest BCUT2D eigenvalue weighted by Gasteiger charge is -2.18. The van der Waals surface area contributed by atoms with Gasteiger partial charge in [-0.3, -0.25) is 0 Å². The van der Waals surface area contributed by atoms with Crippen molar-refractivity contribution in [3.05, 3.63) is 17.9 Å². The lowest BCUT2D eigenvalue weighted by atomic mass is 10.2. The van der Waals surface area contributed by atoms with Gasteiger partial charge in [0, 0.05) is 25.3 Å². The summed E-state index contributed by atoms with van der Waals surface area (Å²) >= 11 is 0. The Morgan fingerprint density at radius 2 is 2.00 bits per heavy atom. The van der Waals surface area contributed by atoms with Gasteiger partial charge in [-0.1, -0.05) is 0 Å². The number of nitrogen functional groups attached to an aromatic ring is 1. The zero-order valence-electron chi connectivity index (χ0n) is 11.3. The largest absolute Gasteiger partial charge is 0.488 e. The molecule has 0 aliphatic heterocycles. The normalized spacial score (nSPS) is 12.6. The molecule has 0 heterocycles. The third-order valence-electron chi connectivity index (χ3n) is 2.29. The number of ether oxygens (including phenoxy) is 2. The summed E-state index contributed by atoms with van der Waals surface area (Å²) in [4.78, 5) is 0. The monoisotopic (exact) mass is 256 g/mol. The van der Waals surface area contributed by atoms with E-state index in [-0.39, 0.29) is 17.9 Å². The summed E-state index contributed by atoms with van der Waals surface area (Å²) in [7, 11) is 1.62. The van der Waals surface area contributed by atoms with Crippen molar-refractivity contribution in [1.29, 1.82) is 0 Å². The Bertz CT molecular complexity index is 397. The van der Waals surface area contributed by atoms with Gasteiger partial charge in [0.2, 0.25) is 0 Å². The topological polar surface area (TPSA) is 56.5 Å². The van der Waals surface area contributed by atoms with Crippen LogP contribution in [0.4, 0.5) is 15.8 Å². The molecule has 1 atom stereocenters. The van der Waals surface area contributed by atoms with Crippen molar-refractivity contribution < 1.29 is 13.9 Å². The number of nitrogens with two attached hydrogens (primary N) is 1. The van der Waals surface area contributed by atoms with Gasteiger partial charge in [0.05, 0.1) is 24.1 Å². The third kappa shape index (κ3) is 4.07. The molecule has 0 fully saturated rings. The van der Waals surface area contributed by atoms with Crippen molar-refractivity contribution in [2.75, 3.05) is 24.8 Å². The molecule has 3 N–H and O–H groups in total. The molecule has 0 saturated heterocycles. The van der Waals surface area contributed by atoms with Crippen molar-refractivity contribution in [2.24, 2.45) is 0 Å². The first-order valence-electron chi connectivity index (χ1n) is 5.95. The van der Waals surface area contributed by atoms with Gasteiger partial charge in [0.15, 0.2) is 11.6 Å². The van der Waals surface area contributed by atoms with Crippen LogP contribution < -0.4 is 15.8 Å². The zero-order valence-corrected chi connectivity index (χ0v) is 11.3. The average molecular weight is 256 g/mol. The molecule has 0 amide bonds. The SMILES string of the molecule is COCC(C)Nc1cc(OC(C)C)c(F)cc1N. The molecule has 0 aromatic heterocycles. The van der Waals surface area contributed by atoms with E-state index >= 15 is 0 Å². The van der Waals surface area contributed by atoms with E-state index in [9.17, 15) is 4.39 Å². The lowest BCUT2D eigenvalue weighted by molar-refractivity contribution is 0.190. The van der Waals surface area contributed by atoms with E-state index in [1.807, 2.05) is 20.8 Å². The minimum absolute atomic E-state index is 0.0784. The summed E-state index contributed by atoms with van der Waals surface area (Å²) in [6.07, 6.45) is -0.0904. The molecule has 0 bridgehead atoms. The lowest BCUT2D eigenvalue weighted by Crippen LogP contribution is -2.21. The number of methoxy groups -OCH3 is 1. The Balaban J connectivity index is 2.90. The van der Waals surface area contributed by atoms with Gasteiger partial charge in [-0.2, -0.15) is 0 Å². The van der Waals surface area contributed by atoms with Crippen LogP contribution in [0, 0.1) is 5.82 Å². The maximum Gasteiger partial charge on any atom is 0.167 e. The molecule has 0 saturated carbocycles. The van der Waals surface area contributed by atoms with Gasteiger partial charge in [0.1, 0.15) is 0 Å². The Labute approximate surface area is 107 Å². The first-order chi connectivity index (χ1) is 8.43. The highest BCUT2D eigenvalue weighted by molar-refractivity contribution is 5.69. The Kier molecular flexibility index (Phi) is 5.22. The fourth-order valence-electron chi connectivity index (χ4n) is 1.60. The summed E-state index contributed by atoms with van der Waals surface area (Å²) in [5, 5.41) is 3.16. The van der Waals surface area contributed by atoms with Crippen LogP contribution in [0.5, 0.6) is 5.75 Å². The first kappa shape index (κ1) is 14.6. The maximum atomic E-state index is 13.6. The van der Waals surface area contributed by atoms with Crippen molar-refractivity contribution >= 4 is 11.4 Å². The Morgan fingerprint density at radius 3 is 2.56 bits per heavy atom. The van der Waals surface area contributed by atoms with E-state index in [2.05, 4.69) is 5.32 Å². The molecular weight excluding hydrogens is 235 g/mol. The number of hydrogen-bond acceptors (Lipinski definition) is 4. The highest BCUT2D eigenvalue weighted by atomic mass is 19.1. The third-order valence-corrected chi connectivity index (χ3v) is 2.29. The van der Waals surface area contributed by atoms with E-state index in [0.717, 1.165) is 0 Å². The van der Waals surface area contributed by atoms with Gasteiger partial charge in [0.25, 0.3) is 0 Å². The van der Waals surface area contributed by atoms with Crippen molar-refractivity contribution in [3.8, 4) is 5.75 Å². The van der Waals surface area contributed by atoms with Crippen LogP contribution in [0.25, 0.3) is 0 Å². The van der Waals surface area contributed by atoms with Crippen LogP contribution in [0.1, 0.15) is 20.8 Å². The second kappa shape index (κ2) is 6.44. The van der Waals surface area contributed by atoms with Gasteiger partial charge < -0.3 is 20.5 Å². The van der Waals surface area contributed by atoms with Crippen LogP contribution in [0.15, 0.2) is 12.1 Å². The summed E-state index contributed by atoms with van der Waals surface area (Å²) in [6.45, 7) is 6.18. The van der Waals surface area contributed by atoms with E-state index in [1.54, 1.807) is 13.2 Å². The Morgan fingerprint density at radius 1 is 1.33 bits per heavy atom. The molecule has 1 aromatic carbocycles. The molecule has 102 valence electrons. The summed E-state index contributed by atoms with van der Waals surface area (Å²) in [5.41, 5.74) is 6.77. The van der Waals surface area contributed by atoms with Crippen molar-refractivity contribution in [1.82, 2.24) is 0 Å². The van der Waals surface area contributed by atoms with Crippen LogP contribution >= 0.6 is 0 Å². The molecule has 1 aromatic rings. The number of anilines is 2. The summed E-state index contributed by atoms with van der Waals surface area (Å²) in [6, 6.07) is 2.92. The van der Waals surface area contributed by atoms with E-state index in [0.29, 0.717) is 18.0 Å². The molecule has 1 unspecified atom stereocenters. The molecule has 0 spiro atoms. The van der Waals surface area contributed by atoms with Crippen LogP contribution in [-0.4, -0.2) is 25.9 Å². The van der Waals surface area contributed by atoms with E-state index in [4.69, 9.17) is 15.2 Å². The molecule has 1 rings (SSSR count). The molecule has 0 radical (unpaired) electrons.